The molecule has 1 aliphatic heterocycles. The second kappa shape index (κ2) is 7.23. The molecule has 2 heterocycles. The van der Waals surface area contributed by atoms with Crippen LogP contribution in [0.3, 0.4) is 0 Å². The van der Waals surface area contributed by atoms with Crippen molar-refractivity contribution in [3.05, 3.63) is 45.8 Å². The van der Waals surface area contributed by atoms with Gasteiger partial charge in [0.15, 0.2) is 0 Å². The maximum absolute atomic E-state index is 12.1. The van der Waals surface area contributed by atoms with E-state index in [0.29, 0.717) is 10.8 Å². The summed E-state index contributed by atoms with van der Waals surface area (Å²) in [5, 5.41) is 5.99. The second-order valence-corrected chi connectivity index (χ2v) is 6.37. The number of aryl methyl sites for hydroxylation is 1. The maximum Gasteiger partial charge on any atom is 0.253 e. The van der Waals surface area contributed by atoms with Gasteiger partial charge in [-0.3, -0.25) is 9.59 Å². The molecule has 6 nitrogen and oxygen atoms in total. The first-order valence-corrected chi connectivity index (χ1v) is 8.37. The minimum Gasteiger partial charge on any atom is -0.343 e. The summed E-state index contributed by atoms with van der Waals surface area (Å²) < 4.78 is 2.00. The molecule has 0 bridgehead atoms. The molecule has 3 rings (SSSR count). The average molecular weight is 367 g/mol. The molecule has 2 amide bonds. The minimum absolute atomic E-state index is 0.164. The van der Waals surface area contributed by atoms with Crippen LogP contribution in [0.15, 0.2) is 24.4 Å². The standard InChI is InChI=1S/C16H16Cl2N4O2/c17-10-4-5-12(18)11(7-10)16(24)20-9-15(23)21-14-8-19-13-3-1-2-6-22(13)14/h4-5,7-8H,1-3,6,9H2,(H,20,24)(H,21,23). The van der Waals surface area contributed by atoms with Crippen molar-refractivity contribution in [3.63, 3.8) is 0 Å². The summed E-state index contributed by atoms with van der Waals surface area (Å²) in [7, 11) is 0. The van der Waals surface area contributed by atoms with Gasteiger partial charge in [-0.1, -0.05) is 23.2 Å². The number of aromatic nitrogens is 2. The Kier molecular flexibility index (Phi) is 5.06. The number of imidazole rings is 1. The summed E-state index contributed by atoms with van der Waals surface area (Å²) in [6.07, 6.45) is 4.74. The molecule has 0 atom stereocenters. The van der Waals surface area contributed by atoms with Gasteiger partial charge >= 0.3 is 0 Å². The Balaban J connectivity index is 1.58. The molecule has 0 saturated carbocycles. The van der Waals surface area contributed by atoms with E-state index in [1.807, 2.05) is 4.57 Å². The molecule has 1 aromatic heterocycles. The number of benzene rings is 1. The van der Waals surface area contributed by atoms with Crippen LogP contribution in [0.25, 0.3) is 0 Å². The molecule has 0 unspecified atom stereocenters. The third-order valence-corrected chi connectivity index (χ3v) is 4.39. The third kappa shape index (κ3) is 3.71. The summed E-state index contributed by atoms with van der Waals surface area (Å²) in [4.78, 5) is 28.5. The Labute approximate surface area is 149 Å². The normalized spacial score (nSPS) is 13.2. The molecule has 2 N–H and O–H groups in total. The highest BCUT2D eigenvalue weighted by Crippen LogP contribution is 2.21. The number of nitrogens with zero attached hydrogens (tertiary/aromatic N) is 2. The molecule has 126 valence electrons. The lowest BCUT2D eigenvalue weighted by Crippen LogP contribution is -2.33. The topological polar surface area (TPSA) is 76.0 Å². The Morgan fingerprint density at radius 1 is 1.25 bits per heavy atom. The quantitative estimate of drug-likeness (QED) is 0.873. The van der Waals surface area contributed by atoms with Crippen molar-refractivity contribution < 1.29 is 9.59 Å². The zero-order valence-electron chi connectivity index (χ0n) is 12.8. The highest BCUT2D eigenvalue weighted by atomic mass is 35.5. The Bertz CT molecular complexity index is 788. The van der Waals surface area contributed by atoms with Crippen molar-refractivity contribution in [1.29, 1.82) is 0 Å². The summed E-state index contributed by atoms with van der Waals surface area (Å²) in [6, 6.07) is 4.60. The number of hydrogen-bond donors (Lipinski definition) is 2. The first kappa shape index (κ1) is 16.8. The van der Waals surface area contributed by atoms with Gasteiger partial charge in [0.1, 0.15) is 11.6 Å². The van der Waals surface area contributed by atoms with Gasteiger partial charge in [0.25, 0.3) is 5.91 Å². The van der Waals surface area contributed by atoms with E-state index in [2.05, 4.69) is 15.6 Å². The van der Waals surface area contributed by atoms with Gasteiger partial charge in [-0.15, -0.1) is 0 Å². The number of amides is 2. The van der Waals surface area contributed by atoms with Crippen molar-refractivity contribution in [1.82, 2.24) is 14.9 Å². The fourth-order valence-electron chi connectivity index (χ4n) is 2.63. The zero-order chi connectivity index (χ0) is 17.1. The molecule has 0 aliphatic carbocycles. The lowest BCUT2D eigenvalue weighted by atomic mass is 10.2. The molecule has 0 saturated heterocycles. The van der Waals surface area contributed by atoms with E-state index in [9.17, 15) is 9.59 Å². The van der Waals surface area contributed by atoms with Crippen LogP contribution in [0.1, 0.15) is 29.0 Å². The van der Waals surface area contributed by atoms with Crippen molar-refractivity contribution in [2.75, 3.05) is 11.9 Å². The minimum atomic E-state index is -0.451. The van der Waals surface area contributed by atoms with Crippen molar-refractivity contribution >= 4 is 40.8 Å². The number of carbonyl (C=O) groups excluding carboxylic acids is 2. The van der Waals surface area contributed by atoms with Gasteiger partial charge in [0.2, 0.25) is 5.91 Å². The number of nitrogens with one attached hydrogen (secondary N) is 2. The largest absolute Gasteiger partial charge is 0.343 e. The number of rotatable bonds is 4. The first-order chi connectivity index (χ1) is 11.5. The van der Waals surface area contributed by atoms with Crippen LogP contribution in [0.2, 0.25) is 10.0 Å². The van der Waals surface area contributed by atoms with E-state index in [0.717, 1.165) is 31.6 Å². The first-order valence-electron chi connectivity index (χ1n) is 7.62. The Hall–Kier alpha value is -2.05. The molecule has 0 radical (unpaired) electrons. The van der Waals surface area contributed by atoms with E-state index in [4.69, 9.17) is 23.2 Å². The number of anilines is 1. The fraction of sp³-hybridized carbons (Fsp3) is 0.312. The number of halogens is 2. The van der Waals surface area contributed by atoms with E-state index < -0.39 is 5.91 Å². The number of hydrogen-bond acceptors (Lipinski definition) is 3. The Morgan fingerprint density at radius 3 is 2.92 bits per heavy atom. The van der Waals surface area contributed by atoms with Crippen LogP contribution in [0.5, 0.6) is 0 Å². The van der Waals surface area contributed by atoms with Crippen molar-refractivity contribution in [2.45, 2.75) is 25.8 Å². The van der Waals surface area contributed by atoms with Gasteiger partial charge < -0.3 is 15.2 Å². The van der Waals surface area contributed by atoms with E-state index >= 15 is 0 Å². The van der Waals surface area contributed by atoms with Crippen LogP contribution in [0, 0.1) is 0 Å². The SMILES string of the molecule is O=C(CNC(=O)c1cc(Cl)ccc1Cl)Nc1cnc2n1CCCC2. The molecule has 8 heteroatoms. The molecular formula is C16H16Cl2N4O2. The molecule has 1 aliphatic rings. The summed E-state index contributed by atoms with van der Waals surface area (Å²) >= 11 is 11.8. The number of carbonyl (C=O) groups is 2. The van der Waals surface area contributed by atoms with Gasteiger partial charge in [0, 0.05) is 18.0 Å². The van der Waals surface area contributed by atoms with Gasteiger partial charge in [-0.25, -0.2) is 4.98 Å². The lowest BCUT2D eigenvalue weighted by molar-refractivity contribution is -0.115. The molecular weight excluding hydrogens is 351 g/mol. The van der Waals surface area contributed by atoms with Gasteiger partial charge in [0.05, 0.1) is 23.3 Å². The molecule has 2 aromatic rings. The third-order valence-electron chi connectivity index (χ3n) is 3.82. The van der Waals surface area contributed by atoms with E-state index in [1.165, 1.54) is 12.1 Å². The fourth-order valence-corrected chi connectivity index (χ4v) is 3.01. The lowest BCUT2D eigenvalue weighted by Gasteiger charge is -2.16. The van der Waals surface area contributed by atoms with Gasteiger partial charge in [-0.05, 0) is 31.0 Å². The van der Waals surface area contributed by atoms with Crippen molar-refractivity contribution in [3.8, 4) is 0 Å². The number of fused-ring (bicyclic) bond motifs is 1. The molecule has 1 aromatic carbocycles. The molecule has 0 spiro atoms. The van der Waals surface area contributed by atoms with E-state index in [1.54, 1.807) is 12.3 Å². The predicted octanol–water partition coefficient (Wildman–Crippen LogP) is 2.89. The highest BCUT2D eigenvalue weighted by Gasteiger charge is 2.16. The van der Waals surface area contributed by atoms with Crippen LogP contribution < -0.4 is 10.6 Å². The van der Waals surface area contributed by atoms with Crippen molar-refractivity contribution in [2.24, 2.45) is 0 Å². The monoisotopic (exact) mass is 366 g/mol. The van der Waals surface area contributed by atoms with Gasteiger partial charge in [-0.2, -0.15) is 0 Å². The molecule has 0 fully saturated rings. The van der Waals surface area contributed by atoms with Crippen LogP contribution >= 0.6 is 23.2 Å². The highest BCUT2D eigenvalue weighted by molar-refractivity contribution is 6.35. The second-order valence-electron chi connectivity index (χ2n) is 5.52. The molecule has 24 heavy (non-hydrogen) atoms. The summed E-state index contributed by atoms with van der Waals surface area (Å²) in [5.74, 6) is 0.860. The Morgan fingerprint density at radius 2 is 2.08 bits per heavy atom. The zero-order valence-corrected chi connectivity index (χ0v) is 14.3. The summed E-state index contributed by atoms with van der Waals surface area (Å²) in [6.45, 7) is 0.678. The summed E-state index contributed by atoms with van der Waals surface area (Å²) in [5.41, 5.74) is 0.235. The van der Waals surface area contributed by atoms with E-state index in [-0.39, 0.29) is 23.0 Å². The van der Waals surface area contributed by atoms with Crippen LogP contribution in [-0.4, -0.2) is 27.9 Å². The smallest absolute Gasteiger partial charge is 0.253 e. The predicted molar refractivity (Wildman–Crippen MR) is 92.6 cm³/mol. The average Bonchev–Trinajstić information content (AvgIpc) is 2.98. The maximum atomic E-state index is 12.1. The van der Waals surface area contributed by atoms with Crippen LogP contribution in [0.4, 0.5) is 5.82 Å². The van der Waals surface area contributed by atoms with Crippen LogP contribution in [-0.2, 0) is 17.8 Å².